The van der Waals surface area contributed by atoms with Gasteiger partial charge in [0.1, 0.15) is 0 Å². The first-order chi connectivity index (χ1) is 7.83. The van der Waals surface area contributed by atoms with Gasteiger partial charge in [0, 0.05) is 16.4 Å². The van der Waals surface area contributed by atoms with Crippen LogP contribution < -0.4 is 0 Å². The van der Waals surface area contributed by atoms with Gasteiger partial charge in [0.2, 0.25) is 0 Å². The van der Waals surface area contributed by atoms with Crippen molar-refractivity contribution in [1.82, 2.24) is 0 Å². The number of carbonyl (C=O) groups is 1. The molecule has 0 fully saturated rings. The third kappa shape index (κ3) is 4.42. The molecular weight excluding hydrogens is 249 g/mol. The maximum Gasteiger partial charge on any atom is 0.446 e. The van der Waals surface area contributed by atoms with Crippen LogP contribution in [0.1, 0.15) is 30.6 Å². The molecule has 0 N–H and O–H groups in total. The summed E-state index contributed by atoms with van der Waals surface area (Å²) >= 11 is -0.176. The zero-order chi connectivity index (χ0) is 13.1. The van der Waals surface area contributed by atoms with Crippen molar-refractivity contribution in [1.29, 1.82) is 0 Å². The Kier molecular flexibility index (Phi) is 4.62. The third-order valence-electron chi connectivity index (χ3n) is 2.43. The van der Waals surface area contributed by atoms with Crippen LogP contribution in [0, 0.1) is 5.92 Å². The van der Waals surface area contributed by atoms with Crippen LogP contribution >= 0.6 is 11.8 Å². The molecule has 1 atom stereocenters. The lowest BCUT2D eigenvalue weighted by atomic mass is 9.97. The molecule has 0 heterocycles. The second-order valence-corrected chi connectivity index (χ2v) is 4.88. The first kappa shape index (κ1) is 14.1. The quantitative estimate of drug-likeness (QED) is 0.586. The van der Waals surface area contributed by atoms with Crippen LogP contribution in [-0.2, 0) is 0 Å². The van der Waals surface area contributed by atoms with Gasteiger partial charge in [-0.1, -0.05) is 26.0 Å². The van der Waals surface area contributed by atoms with Gasteiger partial charge >= 0.3 is 5.51 Å². The molecule has 17 heavy (non-hydrogen) atoms. The molecule has 0 amide bonds. The SMILES string of the molecule is CCC(C)C(=O)c1ccc(SC(F)(F)F)cc1. The molecule has 1 nitrogen and oxygen atoms in total. The van der Waals surface area contributed by atoms with E-state index in [1.165, 1.54) is 24.3 Å². The molecule has 0 saturated heterocycles. The van der Waals surface area contributed by atoms with E-state index >= 15 is 0 Å². The summed E-state index contributed by atoms with van der Waals surface area (Å²) in [7, 11) is 0. The van der Waals surface area contributed by atoms with Crippen LogP contribution in [0.2, 0.25) is 0 Å². The van der Waals surface area contributed by atoms with E-state index in [0.29, 0.717) is 5.56 Å². The molecule has 0 aliphatic heterocycles. The summed E-state index contributed by atoms with van der Waals surface area (Å²) in [5, 5.41) is 0. The number of ketones is 1. The summed E-state index contributed by atoms with van der Waals surface area (Å²) in [6.07, 6.45) is 0.720. The highest BCUT2D eigenvalue weighted by Gasteiger charge is 2.29. The number of thioether (sulfide) groups is 1. The van der Waals surface area contributed by atoms with E-state index in [-0.39, 0.29) is 28.4 Å². The minimum atomic E-state index is -4.29. The average Bonchev–Trinajstić information content (AvgIpc) is 2.26. The molecule has 0 radical (unpaired) electrons. The van der Waals surface area contributed by atoms with Gasteiger partial charge in [0.05, 0.1) is 0 Å². The molecule has 1 aromatic carbocycles. The average molecular weight is 262 g/mol. The Hall–Kier alpha value is -0.970. The zero-order valence-corrected chi connectivity index (χ0v) is 10.4. The Morgan fingerprint density at radius 2 is 1.82 bits per heavy atom. The molecule has 0 aliphatic rings. The number of alkyl halides is 3. The van der Waals surface area contributed by atoms with E-state index < -0.39 is 5.51 Å². The predicted octanol–water partition coefficient (Wildman–Crippen LogP) is 4.53. The van der Waals surface area contributed by atoms with Crippen LogP contribution in [-0.4, -0.2) is 11.3 Å². The summed E-state index contributed by atoms with van der Waals surface area (Å²) in [4.78, 5) is 11.8. The number of carbonyl (C=O) groups excluding carboxylic acids is 1. The monoisotopic (exact) mass is 262 g/mol. The fourth-order valence-corrected chi connectivity index (χ4v) is 1.83. The molecule has 1 rings (SSSR count). The van der Waals surface area contributed by atoms with E-state index in [2.05, 4.69) is 0 Å². The highest BCUT2D eigenvalue weighted by molar-refractivity contribution is 8.00. The van der Waals surface area contributed by atoms with Gasteiger partial charge in [-0.3, -0.25) is 4.79 Å². The summed E-state index contributed by atoms with van der Waals surface area (Å²) in [5.74, 6) is -0.132. The normalized spacial score (nSPS) is 13.5. The highest BCUT2D eigenvalue weighted by atomic mass is 32.2. The van der Waals surface area contributed by atoms with Crippen LogP contribution in [0.25, 0.3) is 0 Å². The first-order valence-electron chi connectivity index (χ1n) is 5.23. The number of rotatable bonds is 4. The minimum Gasteiger partial charge on any atom is -0.294 e. The summed E-state index contributed by atoms with van der Waals surface area (Å²) in [6.45, 7) is 3.71. The third-order valence-corrected chi connectivity index (χ3v) is 3.17. The van der Waals surface area contributed by atoms with Gasteiger partial charge in [-0.25, -0.2) is 0 Å². The van der Waals surface area contributed by atoms with Crippen LogP contribution in [0.15, 0.2) is 29.2 Å². The van der Waals surface area contributed by atoms with Crippen molar-refractivity contribution in [3.05, 3.63) is 29.8 Å². The lowest BCUT2D eigenvalue weighted by Crippen LogP contribution is -2.09. The summed E-state index contributed by atoms with van der Waals surface area (Å²) < 4.78 is 36.2. The van der Waals surface area contributed by atoms with Crippen molar-refractivity contribution in [2.75, 3.05) is 0 Å². The number of hydrogen-bond acceptors (Lipinski definition) is 2. The standard InChI is InChI=1S/C12H13F3OS/c1-3-8(2)11(16)9-4-6-10(7-5-9)17-12(13,14)15/h4-8H,3H2,1-2H3. The number of halogens is 3. The van der Waals surface area contributed by atoms with Crippen molar-refractivity contribution in [3.63, 3.8) is 0 Å². The van der Waals surface area contributed by atoms with Gasteiger partial charge in [-0.2, -0.15) is 13.2 Å². The maximum atomic E-state index is 12.1. The summed E-state index contributed by atoms with van der Waals surface area (Å²) in [6, 6.07) is 5.55. The van der Waals surface area contributed by atoms with Crippen molar-refractivity contribution >= 4 is 17.5 Å². The van der Waals surface area contributed by atoms with Gasteiger partial charge in [-0.15, -0.1) is 0 Å². The molecule has 0 spiro atoms. The topological polar surface area (TPSA) is 17.1 Å². The smallest absolute Gasteiger partial charge is 0.294 e. The van der Waals surface area contributed by atoms with Crippen molar-refractivity contribution < 1.29 is 18.0 Å². The van der Waals surface area contributed by atoms with Crippen LogP contribution in [0.4, 0.5) is 13.2 Å². The Labute approximate surface area is 102 Å². The second-order valence-electron chi connectivity index (χ2n) is 3.75. The Morgan fingerprint density at radius 3 is 2.24 bits per heavy atom. The molecule has 0 aliphatic carbocycles. The summed E-state index contributed by atoms with van der Waals surface area (Å²) in [5.41, 5.74) is -3.83. The van der Waals surface area contributed by atoms with E-state index in [1.54, 1.807) is 6.92 Å². The van der Waals surface area contributed by atoms with Gasteiger partial charge in [0.25, 0.3) is 0 Å². The highest BCUT2D eigenvalue weighted by Crippen LogP contribution is 2.36. The van der Waals surface area contributed by atoms with E-state index in [9.17, 15) is 18.0 Å². The maximum absolute atomic E-state index is 12.1. The fraction of sp³-hybridized carbons (Fsp3) is 0.417. The first-order valence-corrected chi connectivity index (χ1v) is 6.05. The van der Waals surface area contributed by atoms with Crippen molar-refractivity contribution in [2.45, 2.75) is 30.7 Å². The number of Topliss-reactive ketones (excluding diaryl/α,β-unsaturated/α-hetero) is 1. The molecule has 0 aromatic heterocycles. The molecule has 1 unspecified atom stereocenters. The molecule has 0 saturated carbocycles. The predicted molar refractivity (Wildman–Crippen MR) is 62.1 cm³/mol. The number of hydrogen-bond donors (Lipinski definition) is 0. The minimum absolute atomic E-state index is 0.0314. The molecule has 5 heteroatoms. The van der Waals surface area contributed by atoms with Crippen molar-refractivity contribution in [3.8, 4) is 0 Å². The van der Waals surface area contributed by atoms with Gasteiger partial charge in [0.15, 0.2) is 5.78 Å². The Bertz CT molecular complexity index is 384. The van der Waals surface area contributed by atoms with Crippen LogP contribution in [0.5, 0.6) is 0 Å². The molecule has 94 valence electrons. The second kappa shape index (κ2) is 5.58. The van der Waals surface area contributed by atoms with E-state index in [4.69, 9.17) is 0 Å². The Morgan fingerprint density at radius 1 is 1.29 bits per heavy atom. The van der Waals surface area contributed by atoms with Crippen LogP contribution in [0.3, 0.4) is 0 Å². The Balaban J connectivity index is 2.78. The molecular formula is C12H13F3OS. The molecule has 1 aromatic rings. The fourth-order valence-electron chi connectivity index (χ4n) is 1.29. The van der Waals surface area contributed by atoms with Gasteiger partial charge < -0.3 is 0 Å². The number of benzene rings is 1. The largest absolute Gasteiger partial charge is 0.446 e. The zero-order valence-electron chi connectivity index (χ0n) is 9.54. The van der Waals surface area contributed by atoms with Gasteiger partial charge in [-0.05, 0) is 30.3 Å². The van der Waals surface area contributed by atoms with Crippen molar-refractivity contribution in [2.24, 2.45) is 5.92 Å². The van der Waals surface area contributed by atoms with E-state index in [1.807, 2.05) is 6.92 Å². The lowest BCUT2D eigenvalue weighted by Gasteiger charge is -2.09. The van der Waals surface area contributed by atoms with E-state index in [0.717, 1.165) is 6.42 Å². The lowest BCUT2D eigenvalue weighted by molar-refractivity contribution is -0.0328. The molecule has 0 bridgehead atoms.